The second-order valence-electron chi connectivity index (χ2n) is 14.7. The number of hydrogen-bond acceptors (Lipinski definition) is 11. The van der Waals surface area contributed by atoms with E-state index in [2.05, 4.69) is 15.5 Å². The molecule has 2 amide bonds. The molecule has 1 aromatic rings. The molecule has 13 heteroatoms. The van der Waals surface area contributed by atoms with Crippen molar-refractivity contribution in [2.75, 3.05) is 27.2 Å². The van der Waals surface area contributed by atoms with E-state index in [9.17, 15) is 24.3 Å². The molecule has 1 saturated heterocycles. The number of carbonyl (C=O) groups is 4. The number of amides is 2. The molecule has 0 saturated carbocycles. The fraction of sp³-hybridized carbons (Fsp3) is 0.657. The van der Waals surface area contributed by atoms with Gasteiger partial charge in [0.25, 0.3) is 0 Å². The Bertz CT molecular complexity index is 1490. The molecule has 4 aliphatic rings. The van der Waals surface area contributed by atoms with Crippen LogP contribution in [-0.2, 0) is 40.4 Å². The lowest BCUT2D eigenvalue weighted by Gasteiger charge is -2.61. The Morgan fingerprint density at radius 2 is 1.90 bits per heavy atom. The number of nitrogens with zero attached hydrogens (tertiary/aromatic N) is 1. The van der Waals surface area contributed by atoms with E-state index < -0.39 is 58.8 Å². The first-order valence-corrected chi connectivity index (χ1v) is 16.7. The number of rotatable bonds is 11. The van der Waals surface area contributed by atoms with Crippen molar-refractivity contribution in [1.29, 1.82) is 0 Å². The van der Waals surface area contributed by atoms with Crippen LogP contribution in [0.5, 0.6) is 11.5 Å². The molecule has 3 N–H and O–H groups in total. The molecular formula is C35H49N3O10. The molecule has 48 heavy (non-hydrogen) atoms. The second kappa shape index (κ2) is 13.2. The van der Waals surface area contributed by atoms with E-state index in [4.69, 9.17) is 23.7 Å². The van der Waals surface area contributed by atoms with Crippen LogP contribution in [0.3, 0.4) is 0 Å². The number of aliphatic hydroxyl groups is 1. The number of piperidine rings is 1. The number of methoxy groups -OCH3 is 1. The number of benzene rings is 1. The van der Waals surface area contributed by atoms with Crippen molar-refractivity contribution in [2.24, 2.45) is 5.92 Å². The van der Waals surface area contributed by atoms with Gasteiger partial charge in [-0.15, -0.1) is 0 Å². The molecule has 0 aromatic heterocycles. The molecule has 264 valence electrons. The molecule has 1 spiro atoms. The summed E-state index contributed by atoms with van der Waals surface area (Å²) >= 11 is 0. The first kappa shape index (κ1) is 35.5. The maximum Gasteiger partial charge on any atom is 0.408 e. The number of likely N-dealkylation sites (N-methyl/N-ethyl adjacent to an activating group) is 1. The highest BCUT2D eigenvalue weighted by atomic mass is 16.6. The zero-order valence-electron chi connectivity index (χ0n) is 29.1. The minimum atomic E-state index is -1.25. The number of carbonyl (C=O) groups excluding carboxylic acids is 4. The van der Waals surface area contributed by atoms with Gasteiger partial charge in [-0.25, -0.2) is 9.59 Å². The molecule has 1 fully saturated rings. The van der Waals surface area contributed by atoms with E-state index in [0.717, 1.165) is 17.7 Å². The van der Waals surface area contributed by atoms with Crippen LogP contribution in [0.15, 0.2) is 24.0 Å². The maximum atomic E-state index is 13.3. The standard InChI is InChI=1S/C35H49N3O10/c1-19(2)17-22(37-32(42)48-33(4,5)6)30(40)36-15-12-26(39)45-20(3)31(41)46-24-11-13-35(43)25-18-21-9-10-23(44-8)28-27(21)34(35,29(24)47-28)14-16-38(25)7/h9-11,19-20,22,25,29,43H,12-18H2,1-8H3,(H,36,40)(H,37,42)/t20?,22-,25+,29-,34-,35+/m0/s1. The maximum absolute atomic E-state index is 13.3. The van der Waals surface area contributed by atoms with Gasteiger partial charge in [-0.1, -0.05) is 19.9 Å². The van der Waals surface area contributed by atoms with Gasteiger partial charge < -0.3 is 44.3 Å². The molecule has 2 bridgehead atoms. The molecule has 0 radical (unpaired) electrons. The van der Waals surface area contributed by atoms with Gasteiger partial charge in [-0.3, -0.25) is 9.59 Å². The molecule has 13 nitrogen and oxygen atoms in total. The van der Waals surface area contributed by atoms with Gasteiger partial charge >= 0.3 is 18.0 Å². The van der Waals surface area contributed by atoms with Crippen molar-refractivity contribution in [3.8, 4) is 11.5 Å². The average Bonchev–Trinajstić information content (AvgIpc) is 3.34. The number of hydrogen-bond donors (Lipinski definition) is 3. The van der Waals surface area contributed by atoms with Crippen LogP contribution in [-0.4, -0.2) is 96.7 Å². The number of ether oxygens (including phenoxy) is 5. The number of esters is 2. The Labute approximate surface area is 281 Å². The molecule has 2 aliphatic heterocycles. The normalized spacial score (nSPS) is 26.7. The number of nitrogens with one attached hydrogen (secondary N) is 2. The lowest BCUT2D eigenvalue weighted by Crippen LogP contribution is -2.74. The lowest BCUT2D eigenvalue weighted by atomic mass is 9.50. The largest absolute Gasteiger partial charge is 0.493 e. The van der Waals surface area contributed by atoms with Gasteiger partial charge in [0, 0.05) is 24.6 Å². The summed E-state index contributed by atoms with van der Waals surface area (Å²) < 4.78 is 28.6. The van der Waals surface area contributed by atoms with Crippen LogP contribution >= 0.6 is 0 Å². The van der Waals surface area contributed by atoms with Crippen LogP contribution in [0.4, 0.5) is 4.79 Å². The highest BCUT2D eigenvalue weighted by Gasteiger charge is 2.72. The zero-order valence-corrected chi connectivity index (χ0v) is 29.1. The predicted molar refractivity (Wildman–Crippen MR) is 173 cm³/mol. The molecule has 2 heterocycles. The Morgan fingerprint density at radius 3 is 2.56 bits per heavy atom. The fourth-order valence-corrected chi connectivity index (χ4v) is 7.65. The smallest absolute Gasteiger partial charge is 0.408 e. The van der Waals surface area contributed by atoms with E-state index in [-0.39, 0.29) is 37.1 Å². The van der Waals surface area contributed by atoms with Crippen molar-refractivity contribution >= 4 is 23.9 Å². The van der Waals surface area contributed by atoms with E-state index in [1.54, 1.807) is 34.0 Å². The Hall–Kier alpha value is -3.84. The summed E-state index contributed by atoms with van der Waals surface area (Å²) in [6.45, 7) is 11.1. The van der Waals surface area contributed by atoms with Gasteiger partial charge in [-0.05, 0) is 84.2 Å². The monoisotopic (exact) mass is 671 g/mol. The Kier molecular flexibility index (Phi) is 9.77. The summed E-state index contributed by atoms with van der Waals surface area (Å²) in [4.78, 5) is 53.2. The Morgan fingerprint density at radius 1 is 1.17 bits per heavy atom. The van der Waals surface area contributed by atoms with Gasteiger partial charge in [0.15, 0.2) is 23.7 Å². The fourth-order valence-electron chi connectivity index (χ4n) is 7.65. The number of likely N-dealkylation sites (tertiary alicyclic amines) is 1. The topological polar surface area (TPSA) is 162 Å². The first-order chi connectivity index (χ1) is 22.5. The van der Waals surface area contributed by atoms with Crippen molar-refractivity contribution in [3.05, 3.63) is 35.1 Å². The van der Waals surface area contributed by atoms with Crippen molar-refractivity contribution in [3.63, 3.8) is 0 Å². The van der Waals surface area contributed by atoms with Crippen LogP contribution in [0.1, 0.15) is 78.4 Å². The van der Waals surface area contributed by atoms with E-state index in [1.165, 1.54) is 6.92 Å². The van der Waals surface area contributed by atoms with E-state index >= 15 is 0 Å². The van der Waals surface area contributed by atoms with Crippen molar-refractivity contribution < 1.29 is 48.0 Å². The van der Waals surface area contributed by atoms with Gasteiger partial charge in [0.1, 0.15) is 17.4 Å². The quantitative estimate of drug-likeness (QED) is 0.234. The predicted octanol–water partition coefficient (Wildman–Crippen LogP) is 2.89. The molecular weight excluding hydrogens is 622 g/mol. The summed E-state index contributed by atoms with van der Waals surface area (Å²) in [7, 11) is 3.58. The van der Waals surface area contributed by atoms with Crippen LogP contribution in [0.25, 0.3) is 0 Å². The van der Waals surface area contributed by atoms with Gasteiger partial charge in [0.05, 0.1) is 24.5 Å². The molecule has 5 rings (SSSR count). The Balaban J connectivity index is 1.20. The van der Waals surface area contributed by atoms with E-state index in [1.807, 2.05) is 33.0 Å². The molecule has 2 aliphatic carbocycles. The third-order valence-corrected chi connectivity index (χ3v) is 9.76. The third kappa shape index (κ3) is 6.46. The van der Waals surface area contributed by atoms with Crippen LogP contribution in [0.2, 0.25) is 0 Å². The molecule has 1 aromatic carbocycles. The SMILES string of the molecule is COc1ccc2c3c1O[C@H]1C(OC(=O)C(C)OC(=O)CCNC(=O)[C@H](CC(C)C)NC(=O)OC(C)(C)C)=CC[C@@]4(O)[C@@H](C2)N(C)CC[C@]314. The summed E-state index contributed by atoms with van der Waals surface area (Å²) in [6, 6.07) is 2.89. The van der Waals surface area contributed by atoms with Crippen LogP contribution < -0.4 is 20.1 Å². The van der Waals surface area contributed by atoms with Gasteiger partial charge in [0.2, 0.25) is 5.91 Å². The highest BCUT2D eigenvalue weighted by molar-refractivity contribution is 5.86. The van der Waals surface area contributed by atoms with Crippen molar-refractivity contribution in [2.45, 2.75) is 115 Å². The summed E-state index contributed by atoms with van der Waals surface area (Å²) in [5.74, 6) is -0.483. The third-order valence-electron chi connectivity index (χ3n) is 9.76. The minimum absolute atomic E-state index is 0.0652. The average molecular weight is 672 g/mol. The summed E-state index contributed by atoms with van der Waals surface area (Å²) in [5.41, 5.74) is -0.717. The van der Waals surface area contributed by atoms with Gasteiger partial charge in [-0.2, -0.15) is 0 Å². The van der Waals surface area contributed by atoms with Crippen LogP contribution in [0, 0.1) is 5.92 Å². The zero-order chi connectivity index (χ0) is 35.2. The molecule has 6 atom stereocenters. The lowest BCUT2D eigenvalue weighted by molar-refractivity contribution is -0.175. The highest BCUT2D eigenvalue weighted by Crippen LogP contribution is 2.65. The first-order valence-electron chi connectivity index (χ1n) is 16.7. The second-order valence-corrected chi connectivity index (χ2v) is 14.7. The number of alkyl carbamates (subject to hydrolysis) is 1. The minimum Gasteiger partial charge on any atom is -0.493 e. The van der Waals surface area contributed by atoms with Crippen molar-refractivity contribution in [1.82, 2.24) is 15.5 Å². The van der Waals surface area contributed by atoms with E-state index in [0.29, 0.717) is 30.8 Å². The summed E-state index contributed by atoms with van der Waals surface area (Å²) in [5, 5.41) is 17.6. The summed E-state index contributed by atoms with van der Waals surface area (Å²) in [6.07, 6.45) is 0.646. The molecule has 1 unspecified atom stereocenters.